The molecule has 2 heterocycles. The molecule has 0 bridgehead atoms. The van der Waals surface area contributed by atoms with Gasteiger partial charge >= 0.3 is 0 Å². The van der Waals surface area contributed by atoms with Gasteiger partial charge in [0.2, 0.25) is 17.7 Å². The van der Waals surface area contributed by atoms with Gasteiger partial charge in [0.25, 0.3) is 0 Å². The van der Waals surface area contributed by atoms with Gasteiger partial charge in [-0.3, -0.25) is 14.4 Å². The van der Waals surface area contributed by atoms with Gasteiger partial charge in [-0.05, 0) is 24.6 Å². The summed E-state index contributed by atoms with van der Waals surface area (Å²) in [6.45, 7) is 3.02. The van der Waals surface area contributed by atoms with E-state index in [1.807, 2.05) is 31.2 Å². The van der Waals surface area contributed by atoms with Crippen LogP contribution in [0.1, 0.15) is 23.3 Å². The molecule has 7 heteroatoms. The number of hydrogen-bond donors (Lipinski definition) is 2. The molecule has 2 aromatic rings. The molecule has 1 unspecified atom stereocenters. The van der Waals surface area contributed by atoms with Gasteiger partial charge in [-0.15, -0.1) is 0 Å². The molecule has 1 aromatic heterocycles. The average molecular weight is 369 g/mol. The highest BCUT2D eigenvalue weighted by molar-refractivity contribution is 5.91. The Morgan fingerprint density at radius 2 is 1.96 bits per heavy atom. The molecule has 1 saturated heterocycles. The summed E-state index contributed by atoms with van der Waals surface area (Å²) < 4.78 is 5.12. The molecule has 1 fully saturated rings. The number of nitrogens with zero attached hydrogens (tertiary/aromatic N) is 1. The van der Waals surface area contributed by atoms with Gasteiger partial charge in [0.1, 0.15) is 5.76 Å². The highest BCUT2D eigenvalue weighted by Crippen LogP contribution is 2.20. The Morgan fingerprint density at radius 1 is 1.19 bits per heavy atom. The van der Waals surface area contributed by atoms with Crippen molar-refractivity contribution >= 4 is 17.7 Å². The summed E-state index contributed by atoms with van der Waals surface area (Å²) in [6.07, 6.45) is 1.70. The van der Waals surface area contributed by atoms with E-state index in [-0.39, 0.29) is 37.2 Å². The van der Waals surface area contributed by atoms with E-state index in [1.165, 1.54) is 6.26 Å². The summed E-state index contributed by atoms with van der Waals surface area (Å²) in [6, 6.07) is 11.5. The summed E-state index contributed by atoms with van der Waals surface area (Å²) >= 11 is 0. The Hall–Kier alpha value is -3.09. The van der Waals surface area contributed by atoms with Gasteiger partial charge in [0.15, 0.2) is 0 Å². The van der Waals surface area contributed by atoms with E-state index in [9.17, 15) is 14.4 Å². The second-order valence-corrected chi connectivity index (χ2v) is 6.73. The van der Waals surface area contributed by atoms with Crippen molar-refractivity contribution in [3.8, 4) is 0 Å². The topological polar surface area (TPSA) is 91.7 Å². The van der Waals surface area contributed by atoms with Crippen molar-refractivity contribution in [1.29, 1.82) is 0 Å². The number of furan rings is 1. The molecular formula is C20H23N3O4. The molecule has 1 aliphatic heterocycles. The Kier molecular flexibility index (Phi) is 5.90. The van der Waals surface area contributed by atoms with Crippen molar-refractivity contribution in [1.82, 2.24) is 15.5 Å². The van der Waals surface area contributed by atoms with Crippen LogP contribution < -0.4 is 10.6 Å². The van der Waals surface area contributed by atoms with Crippen LogP contribution >= 0.6 is 0 Å². The molecule has 0 aliphatic carbocycles. The molecule has 1 atom stereocenters. The van der Waals surface area contributed by atoms with Gasteiger partial charge in [0, 0.05) is 19.5 Å². The number of carbonyl (C=O) groups is 3. The highest BCUT2D eigenvalue weighted by atomic mass is 16.3. The summed E-state index contributed by atoms with van der Waals surface area (Å²) in [5.74, 6) is -0.412. The lowest BCUT2D eigenvalue weighted by atomic mass is 10.1. The number of rotatable bonds is 7. The van der Waals surface area contributed by atoms with Crippen molar-refractivity contribution in [3.63, 3.8) is 0 Å². The van der Waals surface area contributed by atoms with Crippen LogP contribution in [-0.2, 0) is 27.5 Å². The molecule has 142 valence electrons. The standard InChI is InChI=1S/C20H23N3O4/c1-14-4-6-15(7-5-14)12-23-13-16(9-19(23)25)20(26)22-11-18(24)21-10-17-3-2-8-27-17/h2-8,16H,9-13H2,1H3,(H,21,24)(H,22,26). The van der Waals surface area contributed by atoms with Crippen LogP contribution in [-0.4, -0.2) is 35.7 Å². The molecule has 0 spiro atoms. The minimum Gasteiger partial charge on any atom is -0.467 e. The van der Waals surface area contributed by atoms with Gasteiger partial charge < -0.3 is 20.0 Å². The summed E-state index contributed by atoms with van der Waals surface area (Å²) in [5.41, 5.74) is 2.20. The van der Waals surface area contributed by atoms with Crippen molar-refractivity contribution in [3.05, 3.63) is 59.5 Å². The number of hydrogen-bond acceptors (Lipinski definition) is 4. The van der Waals surface area contributed by atoms with Crippen molar-refractivity contribution in [2.24, 2.45) is 5.92 Å². The summed E-state index contributed by atoms with van der Waals surface area (Å²) in [4.78, 5) is 38.0. The molecule has 7 nitrogen and oxygen atoms in total. The Labute approximate surface area is 157 Å². The van der Waals surface area contributed by atoms with Crippen molar-refractivity contribution in [2.75, 3.05) is 13.1 Å². The lowest BCUT2D eigenvalue weighted by Gasteiger charge is -2.17. The first kappa shape index (κ1) is 18.7. The zero-order valence-electron chi connectivity index (χ0n) is 15.2. The fraction of sp³-hybridized carbons (Fsp3) is 0.350. The van der Waals surface area contributed by atoms with Crippen LogP contribution in [0.4, 0.5) is 0 Å². The first-order valence-electron chi connectivity index (χ1n) is 8.91. The monoisotopic (exact) mass is 369 g/mol. The zero-order chi connectivity index (χ0) is 19.2. The smallest absolute Gasteiger partial charge is 0.239 e. The van der Waals surface area contributed by atoms with Crippen LogP contribution in [0.15, 0.2) is 47.1 Å². The maximum atomic E-state index is 12.3. The number of nitrogens with one attached hydrogen (secondary N) is 2. The van der Waals surface area contributed by atoms with Crippen molar-refractivity contribution < 1.29 is 18.8 Å². The minimum atomic E-state index is -0.430. The fourth-order valence-electron chi connectivity index (χ4n) is 2.99. The number of benzene rings is 1. The normalized spacial score (nSPS) is 16.4. The maximum Gasteiger partial charge on any atom is 0.239 e. The van der Waals surface area contributed by atoms with E-state index < -0.39 is 5.92 Å². The maximum absolute atomic E-state index is 12.3. The van der Waals surface area contributed by atoms with Crippen LogP contribution in [0, 0.1) is 12.8 Å². The van der Waals surface area contributed by atoms with E-state index in [1.54, 1.807) is 17.0 Å². The second kappa shape index (κ2) is 8.53. The van der Waals surface area contributed by atoms with Crippen LogP contribution in [0.2, 0.25) is 0 Å². The predicted octanol–water partition coefficient (Wildman–Crippen LogP) is 1.37. The Balaban J connectivity index is 1.43. The van der Waals surface area contributed by atoms with Gasteiger partial charge in [-0.25, -0.2) is 0 Å². The van der Waals surface area contributed by atoms with Crippen LogP contribution in [0.5, 0.6) is 0 Å². The molecule has 0 saturated carbocycles. The first-order valence-corrected chi connectivity index (χ1v) is 8.91. The van der Waals surface area contributed by atoms with E-state index in [0.717, 1.165) is 11.1 Å². The average Bonchev–Trinajstić information content (AvgIpc) is 3.30. The van der Waals surface area contributed by atoms with E-state index in [0.29, 0.717) is 18.8 Å². The highest BCUT2D eigenvalue weighted by Gasteiger charge is 2.34. The molecule has 27 heavy (non-hydrogen) atoms. The molecule has 3 rings (SSSR count). The lowest BCUT2D eigenvalue weighted by Crippen LogP contribution is -2.40. The number of carbonyl (C=O) groups excluding carboxylic acids is 3. The molecule has 2 N–H and O–H groups in total. The molecule has 1 aliphatic rings. The Bertz CT molecular complexity index is 799. The summed E-state index contributed by atoms with van der Waals surface area (Å²) in [7, 11) is 0. The van der Waals surface area contributed by atoms with E-state index >= 15 is 0 Å². The van der Waals surface area contributed by atoms with Crippen LogP contribution in [0.3, 0.4) is 0 Å². The van der Waals surface area contributed by atoms with Gasteiger partial charge in [-0.2, -0.15) is 0 Å². The van der Waals surface area contributed by atoms with Crippen molar-refractivity contribution in [2.45, 2.75) is 26.4 Å². The van der Waals surface area contributed by atoms with E-state index in [2.05, 4.69) is 10.6 Å². The molecular weight excluding hydrogens is 346 g/mol. The molecule has 3 amide bonds. The zero-order valence-corrected chi connectivity index (χ0v) is 15.2. The lowest BCUT2D eigenvalue weighted by molar-refractivity contribution is -0.129. The fourth-order valence-corrected chi connectivity index (χ4v) is 2.99. The minimum absolute atomic E-state index is 0.0435. The van der Waals surface area contributed by atoms with E-state index in [4.69, 9.17) is 4.42 Å². The van der Waals surface area contributed by atoms with Crippen LogP contribution in [0.25, 0.3) is 0 Å². The largest absolute Gasteiger partial charge is 0.467 e. The predicted molar refractivity (Wildman–Crippen MR) is 98.3 cm³/mol. The number of amides is 3. The third kappa shape index (κ3) is 5.20. The summed E-state index contributed by atoms with van der Waals surface area (Å²) in [5, 5.41) is 5.27. The quantitative estimate of drug-likeness (QED) is 0.771. The van der Waals surface area contributed by atoms with Gasteiger partial charge in [-0.1, -0.05) is 29.8 Å². The molecule has 1 aromatic carbocycles. The third-order valence-electron chi connectivity index (χ3n) is 4.54. The number of aryl methyl sites for hydroxylation is 1. The SMILES string of the molecule is Cc1ccc(CN2CC(C(=O)NCC(=O)NCc3ccco3)CC2=O)cc1. The van der Waals surface area contributed by atoms with Gasteiger partial charge in [0.05, 0.1) is 25.3 Å². The first-order chi connectivity index (χ1) is 13.0. The number of likely N-dealkylation sites (tertiary alicyclic amines) is 1. The third-order valence-corrected chi connectivity index (χ3v) is 4.54. The molecule has 0 radical (unpaired) electrons. The second-order valence-electron chi connectivity index (χ2n) is 6.73. The Morgan fingerprint density at radius 3 is 2.67 bits per heavy atom.